The van der Waals surface area contributed by atoms with Crippen LogP contribution in [0, 0.1) is 6.92 Å². The molecule has 0 spiro atoms. The first kappa shape index (κ1) is 18.9. The van der Waals surface area contributed by atoms with E-state index in [1.54, 1.807) is 22.8 Å². The molecule has 0 atom stereocenters. The molecule has 0 fully saturated rings. The topological polar surface area (TPSA) is 77.5 Å². The highest BCUT2D eigenvalue weighted by Crippen LogP contribution is 2.40. The summed E-state index contributed by atoms with van der Waals surface area (Å²) in [5.41, 5.74) is 9.15. The molecule has 6 heteroatoms. The van der Waals surface area contributed by atoms with Crippen LogP contribution in [0.15, 0.2) is 66.7 Å². The predicted molar refractivity (Wildman–Crippen MR) is 115 cm³/mol. The van der Waals surface area contributed by atoms with Crippen molar-refractivity contribution >= 4 is 34.2 Å². The fourth-order valence-corrected chi connectivity index (χ4v) is 3.68. The van der Waals surface area contributed by atoms with Crippen LogP contribution in [0.1, 0.15) is 21.6 Å². The van der Waals surface area contributed by atoms with Crippen molar-refractivity contribution < 1.29 is 14.6 Å². The van der Waals surface area contributed by atoms with Gasteiger partial charge in [-0.3, -0.25) is 0 Å². The quantitative estimate of drug-likeness (QED) is 0.415. The van der Waals surface area contributed by atoms with Gasteiger partial charge in [-0.2, -0.15) is 0 Å². The molecule has 5 nitrogen and oxygen atoms in total. The average Bonchev–Trinajstić information content (AvgIpc) is 2.99. The smallest absolute Gasteiger partial charge is 0.356 e. The summed E-state index contributed by atoms with van der Waals surface area (Å²) < 4.78 is 7.85. The summed E-state index contributed by atoms with van der Waals surface area (Å²) in [4.78, 5) is 12.3. The zero-order chi connectivity index (χ0) is 20.5. The van der Waals surface area contributed by atoms with Crippen LogP contribution in [0.3, 0.4) is 0 Å². The van der Waals surface area contributed by atoms with Gasteiger partial charge in [0.1, 0.15) is 0 Å². The predicted octanol–water partition coefficient (Wildman–Crippen LogP) is 5.72. The van der Waals surface area contributed by atoms with Crippen LogP contribution < -0.4 is 10.5 Å². The van der Waals surface area contributed by atoms with Crippen molar-refractivity contribution in [1.29, 1.82) is 0 Å². The lowest BCUT2D eigenvalue weighted by atomic mass is 10.1. The van der Waals surface area contributed by atoms with E-state index in [-0.39, 0.29) is 11.4 Å². The van der Waals surface area contributed by atoms with Gasteiger partial charge in [0.05, 0.1) is 11.2 Å². The molecule has 0 unspecified atom stereocenters. The number of nitrogen functional groups attached to an aromatic ring is 1. The van der Waals surface area contributed by atoms with Crippen molar-refractivity contribution in [3.8, 4) is 11.5 Å². The summed E-state index contributed by atoms with van der Waals surface area (Å²) in [5, 5.41) is 11.3. The molecule has 3 aromatic carbocycles. The number of fused-ring (bicyclic) bond motifs is 1. The van der Waals surface area contributed by atoms with Crippen molar-refractivity contribution in [2.45, 2.75) is 13.5 Å². The van der Waals surface area contributed by atoms with Gasteiger partial charge in [0.25, 0.3) is 0 Å². The van der Waals surface area contributed by atoms with E-state index in [0.29, 0.717) is 23.0 Å². The van der Waals surface area contributed by atoms with Crippen molar-refractivity contribution in [3.05, 3.63) is 88.6 Å². The van der Waals surface area contributed by atoms with E-state index < -0.39 is 5.97 Å². The molecule has 0 radical (unpaired) electrons. The number of carboxylic acid groups (broad SMARTS) is 1. The number of nitrogens with zero attached hydrogens (tertiary/aromatic N) is 1. The number of nitrogens with two attached hydrogens (primary N) is 1. The number of carboxylic acids is 1. The standard InChI is InChI=1S/C23H19ClN2O3/c1-14-6-5-9-18-20(14)22(29-19-11-10-16(24)12-17(19)25)21(23(27)28)26(18)13-15-7-3-2-4-8-15/h2-12H,13,25H2,1H3,(H,27,28). The number of anilines is 1. The molecular weight excluding hydrogens is 388 g/mol. The maximum absolute atomic E-state index is 12.3. The number of hydrogen-bond acceptors (Lipinski definition) is 3. The van der Waals surface area contributed by atoms with Crippen LogP contribution in [0.5, 0.6) is 11.5 Å². The number of aromatic carboxylic acids is 1. The van der Waals surface area contributed by atoms with E-state index in [4.69, 9.17) is 22.1 Å². The highest BCUT2D eigenvalue weighted by Gasteiger charge is 2.26. The Balaban J connectivity index is 1.95. The molecule has 1 aromatic heterocycles. The summed E-state index contributed by atoms with van der Waals surface area (Å²) in [6.07, 6.45) is 0. The molecule has 0 aliphatic carbocycles. The number of hydrogen-bond donors (Lipinski definition) is 2. The van der Waals surface area contributed by atoms with E-state index in [9.17, 15) is 9.90 Å². The second-order valence-electron chi connectivity index (χ2n) is 6.81. The summed E-state index contributed by atoms with van der Waals surface area (Å²) in [6, 6.07) is 20.3. The summed E-state index contributed by atoms with van der Waals surface area (Å²) in [6.45, 7) is 2.33. The Labute approximate surface area is 172 Å². The van der Waals surface area contributed by atoms with Gasteiger partial charge < -0.3 is 20.1 Å². The number of benzene rings is 3. The van der Waals surface area contributed by atoms with Crippen LogP contribution >= 0.6 is 11.6 Å². The van der Waals surface area contributed by atoms with E-state index in [1.807, 2.05) is 55.5 Å². The summed E-state index contributed by atoms with van der Waals surface area (Å²) >= 11 is 5.98. The van der Waals surface area contributed by atoms with Gasteiger partial charge in [-0.25, -0.2) is 4.79 Å². The van der Waals surface area contributed by atoms with Gasteiger partial charge in [-0.15, -0.1) is 0 Å². The van der Waals surface area contributed by atoms with E-state index in [1.165, 1.54) is 0 Å². The lowest BCUT2D eigenvalue weighted by molar-refractivity contribution is 0.0683. The Hall–Kier alpha value is -3.44. The first-order chi connectivity index (χ1) is 14.0. The maximum Gasteiger partial charge on any atom is 0.356 e. The second-order valence-corrected chi connectivity index (χ2v) is 7.24. The SMILES string of the molecule is Cc1cccc2c1c(Oc1ccc(Cl)cc1N)c(C(=O)O)n2Cc1ccccc1. The zero-order valence-corrected chi connectivity index (χ0v) is 16.5. The first-order valence-electron chi connectivity index (χ1n) is 9.07. The molecule has 0 amide bonds. The van der Waals surface area contributed by atoms with Crippen molar-refractivity contribution in [3.63, 3.8) is 0 Å². The van der Waals surface area contributed by atoms with Crippen LogP contribution in [0.4, 0.5) is 5.69 Å². The molecule has 0 bridgehead atoms. The minimum absolute atomic E-state index is 0.0764. The van der Waals surface area contributed by atoms with Gasteiger partial charge >= 0.3 is 5.97 Å². The van der Waals surface area contributed by atoms with Crippen molar-refractivity contribution in [2.75, 3.05) is 5.73 Å². The van der Waals surface area contributed by atoms with Crippen LogP contribution in [0.2, 0.25) is 5.02 Å². The molecular formula is C23H19ClN2O3. The molecule has 0 saturated carbocycles. The molecule has 0 saturated heterocycles. The van der Waals surface area contributed by atoms with Gasteiger partial charge in [0.15, 0.2) is 17.2 Å². The first-order valence-corrected chi connectivity index (χ1v) is 9.45. The van der Waals surface area contributed by atoms with Crippen LogP contribution in [-0.2, 0) is 6.54 Å². The van der Waals surface area contributed by atoms with Crippen LogP contribution in [-0.4, -0.2) is 15.6 Å². The molecule has 4 aromatic rings. The molecule has 146 valence electrons. The highest BCUT2D eigenvalue weighted by atomic mass is 35.5. The Morgan fingerprint density at radius 2 is 1.86 bits per heavy atom. The van der Waals surface area contributed by atoms with Crippen LogP contribution in [0.25, 0.3) is 10.9 Å². The Morgan fingerprint density at radius 1 is 1.10 bits per heavy atom. The number of ether oxygens (including phenoxy) is 1. The zero-order valence-electron chi connectivity index (χ0n) is 15.7. The highest BCUT2D eigenvalue weighted by molar-refractivity contribution is 6.30. The Bertz CT molecular complexity index is 1220. The van der Waals surface area contributed by atoms with Crippen molar-refractivity contribution in [1.82, 2.24) is 4.57 Å². The number of aromatic nitrogens is 1. The fourth-order valence-electron chi connectivity index (χ4n) is 3.50. The lowest BCUT2D eigenvalue weighted by Crippen LogP contribution is -2.10. The lowest BCUT2D eigenvalue weighted by Gasteiger charge is -2.11. The van der Waals surface area contributed by atoms with Gasteiger partial charge in [0.2, 0.25) is 0 Å². The average molecular weight is 407 g/mol. The number of rotatable bonds is 5. The number of aryl methyl sites for hydroxylation is 1. The Morgan fingerprint density at radius 3 is 2.55 bits per heavy atom. The maximum atomic E-state index is 12.3. The summed E-state index contributed by atoms with van der Waals surface area (Å²) in [5.74, 6) is -0.437. The molecule has 0 aliphatic heterocycles. The Kier molecular flexibility index (Phi) is 4.91. The molecule has 29 heavy (non-hydrogen) atoms. The fraction of sp³-hybridized carbons (Fsp3) is 0.0870. The molecule has 3 N–H and O–H groups in total. The number of halogens is 1. The normalized spacial score (nSPS) is 11.0. The van der Waals surface area contributed by atoms with E-state index in [0.717, 1.165) is 22.0 Å². The minimum atomic E-state index is -1.07. The summed E-state index contributed by atoms with van der Waals surface area (Å²) in [7, 11) is 0. The second kappa shape index (κ2) is 7.53. The van der Waals surface area contributed by atoms with Gasteiger partial charge in [0, 0.05) is 17.0 Å². The molecule has 1 heterocycles. The van der Waals surface area contributed by atoms with Crippen molar-refractivity contribution in [2.24, 2.45) is 0 Å². The van der Waals surface area contributed by atoms with E-state index >= 15 is 0 Å². The number of carbonyl (C=O) groups is 1. The third-order valence-electron chi connectivity index (χ3n) is 4.82. The third kappa shape index (κ3) is 3.52. The third-order valence-corrected chi connectivity index (χ3v) is 5.06. The molecule has 4 rings (SSSR count). The molecule has 0 aliphatic rings. The minimum Gasteiger partial charge on any atom is -0.476 e. The van der Waals surface area contributed by atoms with Gasteiger partial charge in [-0.05, 0) is 42.3 Å². The monoisotopic (exact) mass is 406 g/mol. The van der Waals surface area contributed by atoms with Gasteiger partial charge in [-0.1, -0.05) is 54.1 Å². The largest absolute Gasteiger partial charge is 0.476 e. The van der Waals surface area contributed by atoms with E-state index in [2.05, 4.69) is 0 Å².